The first-order valence-electron chi connectivity index (χ1n) is 5.28. The molecule has 3 heteroatoms. The lowest BCUT2D eigenvalue weighted by atomic mass is 10.1. The SMILES string of the molecule is Cc1ccc2sc3cc(F)ccc3c(=O)c2c1. The summed E-state index contributed by atoms with van der Waals surface area (Å²) < 4.78 is 14.7. The third-order valence-electron chi connectivity index (χ3n) is 2.79. The summed E-state index contributed by atoms with van der Waals surface area (Å²) in [6, 6.07) is 10.1. The molecule has 0 amide bonds. The second-order valence-electron chi connectivity index (χ2n) is 4.07. The van der Waals surface area contributed by atoms with Gasteiger partial charge in [-0.3, -0.25) is 4.79 Å². The third-order valence-corrected chi connectivity index (χ3v) is 3.92. The van der Waals surface area contributed by atoms with E-state index in [1.165, 1.54) is 23.5 Å². The van der Waals surface area contributed by atoms with Crippen LogP contribution in [0.4, 0.5) is 4.39 Å². The summed E-state index contributed by atoms with van der Waals surface area (Å²) in [7, 11) is 0. The lowest BCUT2D eigenvalue weighted by Crippen LogP contribution is -2.01. The van der Waals surface area contributed by atoms with Crippen molar-refractivity contribution in [2.75, 3.05) is 0 Å². The minimum Gasteiger partial charge on any atom is -0.289 e. The molecule has 3 aromatic rings. The number of hydrogen-bond acceptors (Lipinski definition) is 2. The Kier molecular flexibility index (Phi) is 2.23. The first-order chi connectivity index (χ1) is 8.15. The van der Waals surface area contributed by atoms with E-state index in [1.807, 2.05) is 25.1 Å². The van der Waals surface area contributed by atoms with Crippen molar-refractivity contribution in [2.24, 2.45) is 0 Å². The number of rotatable bonds is 0. The number of fused-ring (bicyclic) bond motifs is 2. The first kappa shape index (κ1) is 10.4. The van der Waals surface area contributed by atoms with E-state index in [0.29, 0.717) is 15.5 Å². The summed E-state index contributed by atoms with van der Waals surface area (Å²) in [4.78, 5) is 12.2. The van der Waals surface area contributed by atoms with Gasteiger partial charge in [0.15, 0.2) is 5.43 Å². The second-order valence-corrected chi connectivity index (χ2v) is 5.16. The average molecular weight is 244 g/mol. The molecule has 3 rings (SSSR count). The fourth-order valence-corrected chi connectivity index (χ4v) is 3.02. The molecule has 0 aliphatic rings. The molecular formula is C14H9FOS. The van der Waals surface area contributed by atoms with Crippen LogP contribution in [0.15, 0.2) is 41.2 Å². The van der Waals surface area contributed by atoms with Gasteiger partial charge >= 0.3 is 0 Å². The van der Waals surface area contributed by atoms with Crippen molar-refractivity contribution in [3.05, 3.63) is 58.0 Å². The van der Waals surface area contributed by atoms with Gasteiger partial charge in [-0.05, 0) is 37.3 Å². The maximum Gasteiger partial charge on any atom is 0.195 e. The van der Waals surface area contributed by atoms with Crippen molar-refractivity contribution in [2.45, 2.75) is 6.92 Å². The summed E-state index contributed by atoms with van der Waals surface area (Å²) in [5.74, 6) is -0.306. The molecule has 1 nitrogen and oxygen atoms in total. The molecule has 0 saturated heterocycles. The Bertz CT molecular complexity index is 789. The van der Waals surface area contributed by atoms with Crippen molar-refractivity contribution in [3.8, 4) is 0 Å². The second kappa shape index (κ2) is 3.64. The fraction of sp³-hybridized carbons (Fsp3) is 0.0714. The van der Waals surface area contributed by atoms with Gasteiger partial charge in [0.25, 0.3) is 0 Å². The van der Waals surface area contributed by atoms with Crippen LogP contribution in [0.5, 0.6) is 0 Å². The Morgan fingerprint density at radius 1 is 1.00 bits per heavy atom. The van der Waals surface area contributed by atoms with Crippen LogP contribution in [0.1, 0.15) is 5.56 Å². The Morgan fingerprint density at radius 2 is 1.82 bits per heavy atom. The van der Waals surface area contributed by atoms with E-state index in [4.69, 9.17) is 0 Å². The lowest BCUT2D eigenvalue weighted by Gasteiger charge is -2.01. The van der Waals surface area contributed by atoms with Crippen LogP contribution in [0.2, 0.25) is 0 Å². The molecule has 0 bridgehead atoms. The quantitative estimate of drug-likeness (QED) is 0.549. The lowest BCUT2D eigenvalue weighted by molar-refractivity contribution is 0.630. The summed E-state index contributed by atoms with van der Waals surface area (Å²) in [6.45, 7) is 1.96. The molecule has 0 spiro atoms. The van der Waals surface area contributed by atoms with Crippen LogP contribution in [0, 0.1) is 12.7 Å². The minimum atomic E-state index is -0.306. The number of halogens is 1. The molecular weight excluding hydrogens is 235 g/mol. The molecule has 0 aliphatic heterocycles. The van der Waals surface area contributed by atoms with Gasteiger partial charge in [-0.25, -0.2) is 4.39 Å². The van der Waals surface area contributed by atoms with E-state index in [1.54, 1.807) is 6.07 Å². The van der Waals surface area contributed by atoms with Crippen LogP contribution in [-0.2, 0) is 0 Å². The Morgan fingerprint density at radius 3 is 2.65 bits per heavy atom. The predicted octanol–water partition coefficient (Wildman–Crippen LogP) is 3.86. The van der Waals surface area contributed by atoms with Gasteiger partial charge in [-0.2, -0.15) is 0 Å². The smallest absolute Gasteiger partial charge is 0.195 e. The normalized spacial score (nSPS) is 11.2. The third kappa shape index (κ3) is 1.63. The molecule has 0 N–H and O–H groups in total. The van der Waals surface area contributed by atoms with Gasteiger partial charge in [0, 0.05) is 20.2 Å². The highest BCUT2D eigenvalue weighted by atomic mass is 32.1. The molecule has 1 aromatic heterocycles. The highest BCUT2D eigenvalue weighted by Gasteiger charge is 2.06. The molecule has 0 aliphatic carbocycles. The van der Waals surface area contributed by atoms with E-state index in [-0.39, 0.29) is 11.2 Å². The van der Waals surface area contributed by atoms with Crippen LogP contribution in [0.25, 0.3) is 20.2 Å². The van der Waals surface area contributed by atoms with E-state index >= 15 is 0 Å². The molecule has 0 atom stereocenters. The van der Waals surface area contributed by atoms with Gasteiger partial charge in [0.1, 0.15) is 5.82 Å². The summed E-state index contributed by atoms with van der Waals surface area (Å²) in [5, 5.41) is 1.31. The van der Waals surface area contributed by atoms with Gasteiger partial charge in [-0.15, -0.1) is 11.3 Å². The fourth-order valence-electron chi connectivity index (χ4n) is 1.94. The topological polar surface area (TPSA) is 17.1 Å². The number of hydrogen-bond donors (Lipinski definition) is 0. The molecule has 2 aromatic carbocycles. The van der Waals surface area contributed by atoms with Crippen molar-refractivity contribution >= 4 is 31.5 Å². The average Bonchev–Trinajstić information content (AvgIpc) is 2.30. The zero-order chi connectivity index (χ0) is 12.0. The van der Waals surface area contributed by atoms with E-state index < -0.39 is 0 Å². The minimum absolute atomic E-state index is 0.0162. The highest BCUT2D eigenvalue weighted by Crippen LogP contribution is 2.25. The van der Waals surface area contributed by atoms with Crippen molar-refractivity contribution in [1.82, 2.24) is 0 Å². The number of aryl methyl sites for hydroxylation is 1. The zero-order valence-corrected chi connectivity index (χ0v) is 9.98. The predicted molar refractivity (Wildman–Crippen MR) is 70.3 cm³/mol. The van der Waals surface area contributed by atoms with E-state index in [0.717, 1.165) is 10.3 Å². The maximum atomic E-state index is 13.1. The van der Waals surface area contributed by atoms with Crippen LogP contribution < -0.4 is 5.43 Å². The Labute approximate surface area is 101 Å². The standard InChI is InChI=1S/C14H9FOS/c1-8-2-5-12-11(6-8)14(16)10-4-3-9(15)7-13(10)17-12/h2-7H,1H3. The van der Waals surface area contributed by atoms with Crippen LogP contribution in [-0.4, -0.2) is 0 Å². The molecule has 0 radical (unpaired) electrons. The summed E-state index contributed by atoms with van der Waals surface area (Å²) in [5.41, 5.74) is 1.04. The molecule has 0 saturated carbocycles. The molecule has 0 fully saturated rings. The monoisotopic (exact) mass is 244 g/mol. The van der Waals surface area contributed by atoms with Crippen molar-refractivity contribution in [3.63, 3.8) is 0 Å². The van der Waals surface area contributed by atoms with Gasteiger partial charge in [0.2, 0.25) is 0 Å². The number of benzene rings is 2. The van der Waals surface area contributed by atoms with Gasteiger partial charge in [-0.1, -0.05) is 11.6 Å². The first-order valence-corrected chi connectivity index (χ1v) is 6.09. The Balaban J connectivity index is 2.57. The summed E-state index contributed by atoms with van der Waals surface area (Å²) >= 11 is 1.45. The van der Waals surface area contributed by atoms with Crippen LogP contribution >= 0.6 is 11.3 Å². The molecule has 1 heterocycles. The van der Waals surface area contributed by atoms with E-state index in [2.05, 4.69) is 0 Å². The van der Waals surface area contributed by atoms with Crippen LogP contribution in [0.3, 0.4) is 0 Å². The van der Waals surface area contributed by atoms with Crippen molar-refractivity contribution < 1.29 is 4.39 Å². The van der Waals surface area contributed by atoms with Crippen molar-refractivity contribution in [1.29, 1.82) is 0 Å². The Hall–Kier alpha value is -1.74. The summed E-state index contributed by atoms with van der Waals surface area (Å²) in [6.07, 6.45) is 0. The maximum absolute atomic E-state index is 13.1. The van der Waals surface area contributed by atoms with Gasteiger partial charge < -0.3 is 0 Å². The molecule has 84 valence electrons. The zero-order valence-electron chi connectivity index (χ0n) is 9.16. The molecule has 0 unspecified atom stereocenters. The largest absolute Gasteiger partial charge is 0.289 e. The molecule has 17 heavy (non-hydrogen) atoms. The highest BCUT2D eigenvalue weighted by molar-refractivity contribution is 7.24. The van der Waals surface area contributed by atoms with Gasteiger partial charge in [0.05, 0.1) is 0 Å². The van der Waals surface area contributed by atoms with E-state index in [9.17, 15) is 9.18 Å².